The lowest BCUT2D eigenvalue weighted by molar-refractivity contribution is 0.102. The van der Waals surface area contributed by atoms with Gasteiger partial charge < -0.3 is 15.5 Å². The van der Waals surface area contributed by atoms with Crippen LogP contribution in [0.2, 0.25) is 5.02 Å². The van der Waals surface area contributed by atoms with Gasteiger partial charge in [0.15, 0.2) is 0 Å². The number of carbonyl (C=O) groups excluding carboxylic acids is 1. The second-order valence-electron chi connectivity index (χ2n) is 3.53. The van der Waals surface area contributed by atoms with E-state index < -0.39 is 0 Å². The fourth-order valence-corrected chi connectivity index (χ4v) is 1.71. The van der Waals surface area contributed by atoms with Gasteiger partial charge in [0.05, 0.1) is 22.5 Å². The highest BCUT2D eigenvalue weighted by Gasteiger charge is 2.10. The van der Waals surface area contributed by atoms with Crippen LogP contribution in [0, 0.1) is 0 Å². The molecule has 4 nitrogen and oxygen atoms in total. The number of benzene rings is 1. The molecule has 3 N–H and O–H groups in total. The first-order chi connectivity index (χ1) is 8.58. The van der Waals surface area contributed by atoms with Crippen molar-refractivity contribution in [1.29, 1.82) is 0 Å². The van der Waals surface area contributed by atoms with E-state index in [1.807, 2.05) is 0 Å². The van der Waals surface area contributed by atoms with Crippen LogP contribution in [-0.4, -0.2) is 10.9 Å². The van der Waals surface area contributed by atoms with Crippen molar-refractivity contribution in [2.75, 3.05) is 5.32 Å². The molecule has 18 heavy (non-hydrogen) atoms. The number of nitrogens with one attached hydrogen (secondary N) is 1. The fraction of sp³-hybridized carbons (Fsp3) is 0. The number of rotatable bonds is 3. The van der Waals surface area contributed by atoms with Gasteiger partial charge in [-0.15, -0.1) is 0 Å². The number of hydrogen-bond acceptors (Lipinski definition) is 3. The van der Waals surface area contributed by atoms with Crippen molar-refractivity contribution in [3.8, 4) is 0 Å². The van der Waals surface area contributed by atoms with E-state index in [-0.39, 0.29) is 10.9 Å². The Morgan fingerprint density at radius 2 is 2.11 bits per heavy atom. The average molecular weight is 281 g/mol. The lowest BCUT2D eigenvalue weighted by atomic mass is 10.2. The fourth-order valence-electron chi connectivity index (χ4n) is 1.36. The molecule has 0 unspecified atom stereocenters. The second-order valence-corrected chi connectivity index (χ2v) is 4.37. The van der Waals surface area contributed by atoms with Crippen molar-refractivity contribution >= 4 is 40.4 Å². The maximum Gasteiger partial charge on any atom is 0.258 e. The minimum Gasteiger partial charge on any atom is -0.472 e. The molecule has 2 aromatic rings. The Morgan fingerprint density at radius 1 is 1.33 bits per heavy atom. The van der Waals surface area contributed by atoms with Crippen LogP contribution in [-0.2, 0) is 0 Å². The van der Waals surface area contributed by atoms with Crippen molar-refractivity contribution in [1.82, 2.24) is 0 Å². The van der Waals surface area contributed by atoms with E-state index in [1.54, 1.807) is 24.3 Å². The van der Waals surface area contributed by atoms with E-state index in [0.29, 0.717) is 21.8 Å². The summed E-state index contributed by atoms with van der Waals surface area (Å²) in [5.41, 5.74) is 7.04. The van der Waals surface area contributed by atoms with Gasteiger partial charge in [0.1, 0.15) is 11.3 Å². The lowest BCUT2D eigenvalue weighted by Crippen LogP contribution is -2.13. The molecule has 0 atom stereocenters. The number of furan rings is 1. The molecule has 0 fully saturated rings. The third-order valence-electron chi connectivity index (χ3n) is 2.29. The van der Waals surface area contributed by atoms with Gasteiger partial charge in [0.25, 0.3) is 5.91 Å². The molecule has 0 bridgehead atoms. The summed E-state index contributed by atoms with van der Waals surface area (Å²) < 4.78 is 4.83. The molecule has 0 saturated heterocycles. The number of anilines is 1. The van der Waals surface area contributed by atoms with E-state index in [4.69, 9.17) is 34.0 Å². The van der Waals surface area contributed by atoms with Crippen molar-refractivity contribution in [2.45, 2.75) is 0 Å². The molecule has 0 saturated carbocycles. The van der Waals surface area contributed by atoms with Crippen molar-refractivity contribution in [3.05, 3.63) is 52.9 Å². The zero-order valence-electron chi connectivity index (χ0n) is 9.14. The normalized spacial score (nSPS) is 10.1. The highest BCUT2D eigenvalue weighted by molar-refractivity contribution is 7.80. The summed E-state index contributed by atoms with van der Waals surface area (Å²) in [6.07, 6.45) is 2.78. The Morgan fingerprint density at radius 3 is 2.67 bits per heavy atom. The van der Waals surface area contributed by atoms with Crippen LogP contribution in [0.5, 0.6) is 0 Å². The monoisotopic (exact) mass is 280 g/mol. The number of carbonyl (C=O) groups is 1. The zero-order valence-corrected chi connectivity index (χ0v) is 10.7. The van der Waals surface area contributed by atoms with Gasteiger partial charge in [0.2, 0.25) is 0 Å². The number of hydrogen-bond donors (Lipinski definition) is 2. The van der Waals surface area contributed by atoms with Gasteiger partial charge >= 0.3 is 0 Å². The van der Waals surface area contributed by atoms with Crippen LogP contribution < -0.4 is 11.1 Å². The SMILES string of the molecule is NC(=S)c1ccc(NC(=O)c2ccoc2)c(Cl)c1. The van der Waals surface area contributed by atoms with Crippen LogP contribution in [0.15, 0.2) is 41.2 Å². The van der Waals surface area contributed by atoms with Crippen LogP contribution in [0.1, 0.15) is 15.9 Å². The van der Waals surface area contributed by atoms with Gasteiger partial charge in [-0.1, -0.05) is 23.8 Å². The Labute approximate surface area is 114 Å². The third-order valence-corrected chi connectivity index (χ3v) is 2.83. The molecule has 0 aliphatic carbocycles. The highest BCUT2D eigenvalue weighted by atomic mass is 35.5. The zero-order chi connectivity index (χ0) is 13.1. The molecule has 92 valence electrons. The number of thiocarbonyl (C=S) groups is 1. The van der Waals surface area contributed by atoms with E-state index in [2.05, 4.69) is 5.32 Å². The summed E-state index contributed by atoms with van der Waals surface area (Å²) in [6, 6.07) is 6.51. The Kier molecular flexibility index (Phi) is 3.64. The Balaban J connectivity index is 2.20. The minimum atomic E-state index is -0.297. The third kappa shape index (κ3) is 2.69. The number of amides is 1. The predicted octanol–water partition coefficient (Wildman–Crippen LogP) is 2.82. The Hall–Kier alpha value is -1.85. The molecule has 0 aliphatic rings. The average Bonchev–Trinajstić information content (AvgIpc) is 2.85. The molecule has 1 heterocycles. The smallest absolute Gasteiger partial charge is 0.258 e. The summed E-state index contributed by atoms with van der Waals surface area (Å²) in [6.45, 7) is 0. The molecule has 0 aliphatic heterocycles. The first-order valence-electron chi connectivity index (χ1n) is 5.01. The molecular weight excluding hydrogens is 272 g/mol. The van der Waals surface area contributed by atoms with Crippen LogP contribution in [0.4, 0.5) is 5.69 Å². The molecular formula is C12H9ClN2O2S. The summed E-state index contributed by atoms with van der Waals surface area (Å²) in [5, 5.41) is 3.04. The summed E-state index contributed by atoms with van der Waals surface area (Å²) in [7, 11) is 0. The first-order valence-corrected chi connectivity index (χ1v) is 5.79. The topological polar surface area (TPSA) is 68.3 Å². The maximum absolute atomic E-state index is 11.8. The van der Waals surface area contributed by atoms with E-state index in [9.17, 15) is 4.79 Å². The lowest BCUT2D eigenvalue weighted by Gasteiger charge is -2.07. The van der Waals surface area contributed by atoms with Crippen LogP contribution >= 0.6 is 23.8 Å². The summed E-state index contributed by atoms with van der Waals surface area (Å²) in [5.74, 6) is -0.297. The molecule has 0 radical (unpaired) electrons. The summed E-state index contributed by atoms with van der Waals surface area (Å²) in [4.78, 5) is 12.0. The molecule has 1 aromatic carbocycles. The predicted molar refractivity (Wildman–Crippen MR) is 74.0 cm³/mol. The molecule has 6 heteroatoms. The van der Waals surface area contributed by atoms with E-state index >= 15 is 0 Å². The number of nitrogens with two attached hydrogens (primary N) is 1. The molecule has 0 spiro atoms. The standard InChI is InChI=1S/C12H9ClN2O2S/c13-9-5-7(11(14)18)1-2-10(9)15-12(16)8-3-4-17-6-8/h1-6H,(H2,14,18)(H,15,16). The van der Waals surface area contributed by atoms with Gasteiger partial charge in [0, 0.05) is 5.56 Å². The van der Waals surface area contributed by atoms with Gasteiger partial charge in [-0.25, -0.2) is 0 Å². The van der Waals surface area contributed by atoms with E-state index in [1.165, 1.54) is 12.5 Å². The van der Waals surface area contributed by atoms with Crippen molar-refractivity contribution < 1.29 is 9.21 Å². The molecule has 1 amide bonds. The van der Waals surface area contributed by atoms with Crippen molar-refractivity contribution in [3.63, 3.8) is 0 Å². The first kappa shape index (κ1) is 12.6. The second kappa shape index (κ2) is 5.20. The highest BCUT2D eigenvalue weighted by Crippen LogP contribution is 2.23. The van der Waals surface area contributed by atoms with Gasteiger partial charge in [-0.3, -0.25) is 4.79 Å². The molecule has 1 aromatic heterocycles. The number of halogens is 1. The van der Waals surface area contributed by atoms with Crippen molar-refractivity contribution in [2.24, 2.45) is 5.73 Å². The van der Waals surface area contributed by atoms with Gasteiger partial charge in [-0.2, -0.15) is 0 Å². The summed E-state index contributed by atoms with van der Waals surface area (Å²) >= 11 is 10.9. The van der Waals surface area contributed by atoms with E-state index in [0.717, 1.165) is 0 Å². The largest absolute Gasteiger partial charge is 0.472 e. The maximum atomic E-state index is 11.8. The Bertz CT molecular complexity index is 596. The van der Waals surface area contributed by atoms with Crippen LogP contribution in [0.25, 0.3) is 0 Å². The molecule has 2 rings (SSSR count). The van der Waals surface area contributed by atoms with Gasteiger partial charge in [-0.05, 0) is 24.3 Å². The van der Waals surface area contributed by atoms with Crippen LogP contribution in [0.3, 0.4) is 0 Å². The minimum absolute atomic E-state index is 0.254. The quantitative estimate of drug-likeness (QED) is 0.849.